The third-order valence-electron chi connectivity index (χ3n) is 2.98. The van der Waals surface area contributed by atoms with E-state index in [0.29, 0.717) is 23.9 Å². The van der Waals surface area contributed by atoms with Crippen molar-refractivity contribution in [3.63, 3.8) is 0 Å². The van der Waals surface area contributed by atoms with Gasteiger partial charge in [-0.05, 0) is 19.8 Å². The van der Waals surface area contributed by atoms with Gasteiger partial charge < -0.3 is 9.88 Å². The quantitative estimate of drug-likeness (QED) is 0.858. The number of anilines is 1. The summed E-state index contributed by atoms with van der Waals surface area (Å²) in [4.78, 5) is 16.0. The van der Waals surface area contributed by atoms with Crippen LogP contribution in [0.5, 0.6) is 0 Å². The topological polar surface area (TPSA) is 64.0 Å². The normalized spacial score (nSPS) is 24.5. The standard InChI is InChI=1S/C11H17N3O2S/c1-2-14-6-5-12-10(11(14)15)13-9-3-7-17(16)8-4-9/h5-6,9H,2-4,7-8H2,1H3,(H,12,13). The predicted octanol–water partition coefficient (Wildman–Crippen LogP) is 0.586. The van der Waals surface area contributed by atoms with E-state index in [0.717, 1.165) is 12.8 Å². The van der Waals surface area contributed by atoms with Crippen molar-refractivity contribution in [2.24, 2.45) is 0 Å². The molecule has 0 aliphatic carbocycles. The average Bonchev–Trinajstić information content (AvgIpc) is 2.35. The molecule has 1 aliphatic rings. The first-order chi connectivity index (χ1) is 8.20. The molecule has 17 heavy (non-hydrogen) atoms. The van der Waals surface area contributed by atoms with Gasteiger partial charge in [0.25, 0.3) is 5.56 Å². The summed E-state index contributed by atoms with van der Waals surface area (Å²) in [5.74, 6) is 1.84. The van der Waals surface area contributed by atoms with Gasteiger partial charge in [-0.3, -0.25) is 9.00 Å². The van der Waals surface area contributed by atoms with Gasteiger partial charge in [-0.15, -0.1) is 0 Å². The SMILES string of the molecule is CCn1ccnc(NC2CCS(=O)CC2)c1=O. The molecule has 0 radical (unpaired) electrons. The van der Waals surface area contributed by atoms with Crippen molar-refractivity contribution in [1.29, 1.82) is 0 Å². The van der Waals surface area contributed by atoms with Gasteiger partial charge in [-0.1, -0.05) is 0 Å². The second-order valence-electron chi connectivity index (χ2n) is 4.13. The smallest absolute Gasteiger partial charge is 0.293 e. The van der Waals surface area contributed by atoms with Crippen molar-refractivity contribution >= 4 is 16.6 Å². The summed E-state index contributed by atoms with van der Waals surface area (Å²) < 4.78 is 12.9. The summed E-state index contributed by atoms with van der Waals surface area (Å²) in [5.41, 5.74) is -0.0818. The fourth-order valence-electron chi connectivity index (χ4n) is 1.93. The third kappa shape index (κ3) is 2.94. The van der Waals surface area contributed by atoms with Crippen molar-refractivity contribution in [3.05, 3.63) is 22.7 Å². The van der Waals surface area contributed by atoms with Crippen LogP contribution in [0.2, 0.25) is 0 Å². The first kappa shape index (κ1) is 12.3. The number of aromatic nitrogens is 2. The molecular formula is C11H17N3O2S. The summed E-state index contributed by atoms with van der Waals surface area (Å²) in [6.07, 6.45) is 5.00. The number of hydrogen-bond acceptors (Lipinski definition) is 4. The fourth-order valence-corrected chi connectivity index (χ4v) is 3.23. The van der Waals surface area contributed by atoms with Gasteiger partial charge >= 0.3 is 0 Å². The van der Waals surface area contributed by atoms with Gasteiger partial charge in [0.2, 0.25) is 0 Å². The Morgan fingerprint density at radius 1 is 1.53 bits per heavy atom. The Morgan fingerprint density at radius 2 is 2.24 bits per heavy atom. The van der Waals surface area contributed by atoms with Crippen LogP contribution in [-0.2, 0) is 17.3 Å². The highest BCUT2D eigenvalue weighted by atomic mass is 32.2. The number of hydrogen-bond donors (Lipinski definition) is 1. The first-order valence-electron chi connectivity index (χ1n) is 5.87. The van der Waals surface area contributed by atoms with E-state index in [4.69, 9.17) is 0 Å². The van der Waals surface area contributed by atoms with Crippen LogP contribution < -0.4 is 10.9 Å². The molecule has 0 unspecified atom stereocenters. The fraction of sp³-hybridized carbons (Fsp3) is 0.636. The second-order valence-corrected chi connectivity index (χ2v) is 5.83. The van der Waals surface area contributed by atoms with Crippen LogP contribution in [0.4, 0.5) is 5.82 Å². The average molecular weight is 255 g/mol. The zero-order chi connectivity index (χ0) is 12.3. The molecule has 5 nitrogen and oxygen atoms in total. The minimum Gasteiger partial charge on any atom is -0.363 e. The lowest BCUT2D eigenvalue weighted by Crippen LogP contribution is -2.33. The van der Waals surface area contributed by atoms with E-state index in [1.54, 1.807) is 17.0 Å². The zero-order valence-electron chi connectivity index (χ0n) is 9.89. The molecule has 2 heterocycles. The van der Waals surface area contributed by atoms with E-state index in [9.17, 15) is 9.00 Å². The van der Waals surface area contributed by atoms with Crippen molar-refractivity contribution in [2.45, 2.75) is 32.4 Å². The molecule has 2 rings (SSSR count). The van der Waals surface area contributed by atoms with E-state index < -0.39 is 10.8 Å². The molecule has 1 aromatic rings. The van der Waals surface area contributed by atoms with Gasteiger partial charge in [0.05, 0.1) is 0 Å². The van der Waals surface area contributed by atoms with E-state index in [1.807, 2.05) is 6.92 Å². The molecule has 6 heteroatoms. The van der Waals surface area contributed by atoms with Crippen LogP contribution in [0.3, 0.4) is 0 Å². The Bertz CT molecular complexity index is 462. The first-order valence-corrected chi connectivity index (χ1v) is 7.36. The molecule has 94 valence electrons. The maximum atomic E-state index is 11.9. The van der Waals surface area contributed by atoms with Crippen LogP contribution in [0.1, 0.15) is 19.8 Å². The minimum atomic E-state index is -0.674. The summed E-state index contributed by atoms with van der Waals surface area (Å²) in [6.45, 7) is 2.57. The minimum absolute atomic E-state index is 0.0818. The number of aryl methyl sites for hydroxylation is 1. The number of rotatable bonds is 3. The summed E-state index contributed by atoms with van der Waals surface area (Å²) in [6, 6.07) is 0.223. The van der Waals surface area contributed by atoms with Crippen LogP contribution in [-0.4, -0.2) is 31.3 Å². The number of nitrogens with one attached hydrogen (secondary N) is 1. The molecule has 1 aromatic heterocycles. The predicted molar refractivity (Wildman–Crippen MR) is 68.7 cm³/mol. The van der Waals surface area contributed by atoms with Crippen molar-refractivity contribution < 1.29 is 4.21 Å². The third-order valence-corrected chi connectivity index (χ3v) is 4.37. The van der Waals surface area contributed by atoms with E-state index in [-0.39, 0.29) is 11.6 Å². The molecular weight excluding hydrogens is 238 g/mol. The molecule has 1 fully saturated rings. The van der Waals surface area contributed by atoms with Gasteiger partial charge in [-0.25, -0.2) is 4.98 Å². The van der Waals surface area contributed by atoms with Crippen molar-refractivity contribution in [3.8, 4) is 0 Å². The van der Waals surface area contributed by atoms with Gasteiger partial charge in [0.15, 0.2) is 5.82 Å². The monoisotopic (exact) mass is 255 g/mol. The lowest BCUT2D eigenvalue weighted by molar-refractivity contribution is 0.619. The molecule has 0 bridgehead atoms. The van der Waals surface area contributed by atoms with Crippen LogP contribution in [0, 0.1) is 0 Å². The van der Waals surface area contributed by atoms with Gasteiger partial charge in [-0.2, -0.15) is 0 Å². The van der Waals surface area contributed by atoms with Gasteiger partial charge in [0, 0.05) is 47.3 Å². The Hall–Kier alpha value is -1.17. The molecule has 0 aromatic carbocycles. The molecule has 1 aliphatic heterocycles. The van der Waals surface area contributed by atoms with Crippen LogP contribution in [0.25, 0.3) is 0 Å². The maximum Gasteiger partial charge on any atom is 0.293 e. The Labute approximate surface area is 103 Å². The molecule has 1 saturated heterocycles. The summed E-state index contributed by atoms with van der Waals surface area (Å²) >= 11 is 0. The largest absolute Gasteiger partial charge is 0.363 e. The highest BCUT2D eigenvalue weighted by molar-refractivity contribution is 7.85. The van der Waals surface area contributed by atoms with Crippen molar-refractivity contribution in [2.75, 3.05) is 16.8 Å². The van der Waals surface area contributed by atoms with E-state index in [2.05, 4.69) is 10.3 Å². The second kappa shape index (κ2) is 5.44. The van der Waals surface area contributed by atoms with E-state index in [1.165, 1.54) is 0 Å². The summed E-state index contributed by atoms with van der Waals surface area (Å²) in [5, 5.41) is 3.17. The van der Waals surface area contributed by atoms with Crippen LogP contribution in [0.15, 0.2) is 17.2 Å². The lowest BCUT2D eigenvalue weighted by Gasteiger charge is -2.22. The lowest BCUT2D eigenvalue weighted by atomic mass is 10.1. The molecule has 0 spiro atoms. The van der Waals surface area contributed by atoms with Crippen molar-refractivity contribution in [1.82, 2.24) is 9.55 Å². The Balaban J connectivity index is 2.08. The maximum absolute atomic E-state index is 11.9. The Morgan fingerprint density at radius 3 is 2.88 bits per heavy atom. The number of nitrogens with zero attached hydrogens (tertiary/aromatic N) is 2. The van der Waals surface area contributed by atoms with Gasteiger partial charge in [0.1, 0.15) is 0 Å². The molecule has 0 saturated carbocycles. The highest BCUT2D eigenvalue weighted by Gasteiger charge is 2.19. The Kier molecular flexibility index (Phi) is 3.93. The van der Waals surface area contributed by atoms with Crippen LogP contribution >= 0.6 is 0 Å². The summed E-state index contributed by atoms with van der Waals surface area (Å²) in [7, 11) is -0.674. The highest BCUT2D eigenvalue weighted by Crippen LogP contribution is 2.12. The molecule has 1 N–H and O–H groups in total. The zero-order valence-corrected chi connectivity index (χ0v) is 10.7. The molecule has 0 atom stereocenters. The van der Waals surface area contributed by atoms with E-state index >= 15 is 0 Å². The molecule has 0 amide bonds.